The van der Waals surface area contributed by atoms with Crippen LogP contribution in [0, 0.1) is 11.8 Å². The van der Waals surface area contributed by atoms with E-state index < -0.39 is 29.1 Å². The van der Waals surface area contributed by atoms with E-state index >= 15 is 0 Å². The molecular formula is C36H43N3O5. The molecule has 44 heavy (non-hydrogen) atoms. The molecule has 0 aromatic heterocycles. The minimum atomic E-state index is -1.25. The lowest BCUT2D eigenvalue weighted by atomic mass is 9.73. The van der Waals surface area contributed by atoms with Crippen LogP contribution in [0.2, 0.25) is 0 Å². The third-order valence-corrected chi connectivity index (χ3v) is 9.85. The summed E-state index contributed by atoms with van der Waals surface area (Å²) in [7, 11) is 0. The monoisotopic (exact) mass is 597 g/mol. The maximum Gasteiger partial charge on any atom is 0.249 e. The van der Waals surface area contributed by atoms with E-state index in [1.807, 2.05) is 96.8 Å². The third-order valence-electron chi connectivity index (χ3n) is 9.85. The standard InChI is InChI=1S/C36H43N3O5/c1-2-35-19-13-21-37(25-27-15-7-5-8-16-27)32(41)29(35)30-33(42)39(23-11-3-4-12-24-40)31-34(43)38(22-14-20-36(30,31)44-35)26-28-17-9-6-10-18-28/h5-10,13-20,29-31,40H,2-4,11-12,21-26H2,1H3/t29-,30+,31?,35+,36+/m1/s1. The number of aliphatic hydroxyl groups is 1. The normalized spacial score (nSPS) is 29.5. The van der Waals surface area contributed by atoms with Gasteiger partial charge in [-0.05, 0) is 30.4 Å². The summed E-state index contributed by atoms with van der Waals surface area (Å²) in [6.07, 6.45) is 11.5. The van der Waals surface area contributed by atoms with Gasteiger partial charge in [0.05, 0.1) is 17.4 Å². The van der Waals surface area contributed by atoms with Crippen molar-refractivity contribution in [2.45, 2.75) is 69.4 Å². The lowest BCUT2D eigenvalue weighted by Crippen LogP contribution is -2.56. The molecule has 232 valence electrons. The van der Waals surface area contributed by atoms with E-state index in [0.29, 0.717) is 52.0 Å². The fraction of sp³-hybridized carbons (Fsp3) is 0.472. The molecule has 0 radical (unpaired) electrons. The Labute approximate surface area is 260 Å². The zero-order valence-electron chi connectivity index (χ0n) is 25.5. The highest BCUT2D eigenvalue weighted by molar-refractivity contribution is 6.00. The zero-order valence-corrected chi connectivity index (χ0v) is 25.5. The van der Waals surface area contributed by atoms with E-state index in [9.17, 15) is 19.5 Å². The number of hydrogen-bond acceptors (Lipinski definition) is 5. The van der Waals surface area contributed by atoms with Crippen molar-refractivity contribution < 1.29 is 24.2 Å². The molecule has 8 heteroatoms. The van der Waals surface area contributed by atoms with Crippen LogP contribution in [0.4, 0.5) is 0 Å². The van der Waals surface area contributed by atoms with E-state index in [1.165, 1.54) is 0 Å². The van der Waals surface area contributed by atoms with E-state index in [-0.39, 0.29) is 24.3 Å². The van der Waals surface area contributed by atoms with Crippen LogP contribution in [-0.4, -0.2) is 81.0 Å². The van der Waals surface area contributed by atoms with Gasteiger partial charge in [-0.2, -0.15) is 0 Å². The highest BCUT2D eigenvalue weighted by atomic mass is 16.5. The second-order valence-electron chi connectivity index (χ2n) is 12.5. The summed E-state index contributed by atoms with van der Waals surface area (Å²) in [5.74, 6) is -1.99. The van der Waals surface area contributed by atoms with Crippen molar-refractivity contribution >= 4 is 17.7 Å². The number of benzene rings is 2. The van der Waals surface area contributed by atoms with Crippen LogP contribution in [0.1, 0.15) is 50.2 Å². The Balaban J connectivity index is 1.38. The molecule has 5 atom stereocenters. The summed E-state index contributed by atoms with van der Waals surface area (Å²) in [4.78, 5) is 49.1. The number of nitrogens with zero attached hydrogens (tertiary/aromatic N) is 3. The van der Waals surface area contributed by atoms with Crippen LogP contribution in [0.5, 0.6) is 0 Å². The lowest BCUT2D eigenvalue weighted by molar-refractivity contribution is -0.154. The number of ether oxygens (including phenoxy) is 1. The van der Waals surface area contributed by atoms with Crippen LogP contribution < -0.4 is 0 Å². The van der Waals surface area contributed by atoms with Crippen molar-refractivity contribution in [1.82, 2.24) is 14.7 Å². The van der Waals surface area contributed by atoms with Gasteiger partial charge in [0, 0.05) is 39.3 Å². The van der Waals surface area contributed by atoms with Gasteiger partial charge in [0.1, 0.15) is 11.6 Å². The number of hydrogen-bond donors (Lipinski definition) is 1. The number of carbonyl (C=O) groups excluding carboxylic acids is 3. The SMILES string of the molecule is CC[C@]12C=CCN(Cc3ccccc3)C(=O)[C@H]1[C@H]1C(=O)N(CCCCCCO)C3C(=O)N(Cc4ccccc4)CC=C[C@@]31O2. The molecule has 4 aliphatic heterocycles. The number of unbranched alkanes of at least 4 members (excludes halogenated alkanes) is 3. The number of carbonyl (C=O) groups is 3. The number of aliphatic hydroxyl groups excluding tert-OH is 1. The summed E-state index contributed by atoms with van der Waals surface area (Å²) in [5.41, 5.74) is -0.207. The van der Waals surface area contributed by atoms with E-state index in [2.05, 4.69) is 0 Å². The highest BCUT2D eigenvalue weighted by Gasteiger charge is 2.75. The largest absolute Gasteiger partial charge is 0.396 e. The molecule has 1 N–H and O–H groups in total. The van der Waals surface area contributed by atoms with Crippen LogP contribution >= 0.6 is 0 Å². The van der Waals surface area contributed by atoms with Crippen molar-refractivity contribution in [2.75, 3.05) is 26.2 Å². The van der Waals surface area contributed by atoms with Gasteiger partial charge in [0.15, 0.2) is 0 Å². The van der Waals surface area contributed by atoms with Gasteiger partial charge in [-0.3, -0.25) is 14.4 Å². The molecule has 1 unspecified atom stereocenters. The van der Waals surface area contributed by atoms with Crippen molar-refractivity contribution in [2.24, 2.45) is 11.8 Å². The molecule has 0 saturated carbocycles. The number of rotatable bonds is 11. The van der Waals surface area contributed by atoms with Crippen LogP contribution in [0.3, 0.4) is 0 Å². The predicted octanol–water partition coefficient (Wildman–Crippen LogP) is 4.10. The van der Waals surface area contributed by atoms with Gasteiger partial charge in [-0.25, -0.2) is 0 Å². The Morgan fingerprint density at radius 1 is 0.750 bits per heavy atom. The molecule has 2 saturated heterocycles. The Morgan fingerprint density at radius 2 is 1.34 bits per heavy atom. The van der Waals surface area contributed by atoms with E-state index in [4.69, 9.17) is 4.74 Å². The lowest BCUT2D eigenvalue weighted by Gasteiger charge is -2.38. The Bertz CT molecular complexity index is 1410. The van der Waals surface area contributed by atoms with Gasteiger partial charge in [0.2, 0.25) is 17.7 Å². The zero-order chi connectivity index (χ0) is 30.7. The highest BCUT2D eigenvalue weighted by Crippen LogP contribution is 2.58. The van der Waals surface area contributed by atoms with Gasteiger partial charge in [-0.15, -0.1) is 0 Å². The summed E-state index contributed by atoms with van der Waals surface area (Å²) in [6.45, 7) is 4.22. The third kappa shape index (κ3) is 5.28. The molecule has 4 heterocycles. The molecular weight excluding hydrogens is 554 g/mol. The first kappa shape index (κ1) is 30.3. The van der Waals surface area contributed by atoms with Crippen LogP contribution in [0.25, 0.3) is 0 Å². The first-order valence-electron chi connectivity index (χ1n) is 16.1. The smallest absolute Gasteiger partial charge is 0.249 e. The first-order chi connectivity index (χ1) is 21.4. The molecule has 2 fully saturated rings. The molecule has 8 nitrogen and oxygen atoms in total. The van der Waals surface area contributed by atoms with Crippen molar-refractivity contribution in [3.8, 4) is 0 Å². The van der Waals surface area contributed by atoms with Gasteiger partial charge in [0.25, 0.3) is 0 Å². The topological polar surface area (TPSA) is 90.4 Å². The minimum Gasteiger partial charge on any atom is -0.396 e. The Hall–Kier alpha value is -3.75. The second-order valence-corrected chi connectivity index (χ2v) is 12.5. The maximum atomic E-state index is 14.6. The fourth-order valence-electron chi connectivity index (χ4n) is 7.74. The number of fused-ring (bicyclic) bond motifs is 2. The molecule has 3 amide bonds. The average molecular weight is 598 g/mol. The van der Waals surface area contributed by atoms with Crippen molar-refractivity contribution in [3.63, 3.8) is 0 Å². The summed E-state index contributed by atoms with van der Waals surface area (Å²) in [6, 6.07) is 18.9. The maximum absolute atomic E-state index is 14.6. The number of amides is 3. The van der Waals surface area contributed by atoms with Crippen LogP contribution in [0.15, 0.2) is 85.0 Å². The van der Waals surface area contributed by atoms with Crippen LogP contribution in [-0.2, 0) is 32.2 Å². The molecule has 2 aromatic carbocycles. The van der Waals surface area contributed by atoms with Gasteiger partial charge < -0.3 is 24.5 Å². The Kier molecular flexibility index (Phi) is 8.74. The van der Waals surface area contributed by atoms with Gasteiger partial charge in [-0.1, -0.05) is 105 Å². The molecule has 4 aliphatic rings. The molecule has 1 spiro atoms. The fourth-order valence-corrected chi connectivity index (χ4v) is 7.74. The number of likely N-dealkylation sites (tertiary alicyclic amines) is 1. The predicted molar refractivity (Wildman–Crippen MR) is 167 cm³/mol. The van der Waals surface area contributed by atoms with Crippen molar-refractivity contribution in [3.05, 3.63) is 96.1 Å². The molecule has 0 bridgehead atoms. The summed E-state index contributed by atoms with van der Waals surface area (Å²) in [5, 5.41) is 9.24. The Morgan fingerprint density at radius 3 is 1.95 bits per heavy atom. The van der Waals surface area contributed by atoms with E-state index in [0.717, 1.165) is 24.0 Å². The van der Waals surface area contributed by atoms with E-state index in [1.54, 1.807) is 9.80 Å². The van der Waals surface area contributed by atoms with Gasteiger partial charge >= 0.3 is 0 Å². The first-order valence-corrected chi connectivity index (χ1v) is 16.1. The summed E-state index contributed by atoms with van der Waals surface area (Å²) < 4.78 is 7.10. The quantitative estimate of drug-likeness (QED) is 0.311. The molecule has 2 aromatic rings. The minimum absolute atomic E-state index is 0.106. The summed E-state index contributed by atoms with van der Waals surface area (Å²) >= 11 is 0. The molecule has 6 rings (SSSR count). The van der Waals surface area contributed by atoms with Crippen molar-refractivity contribution in [1.29, 1.82) is 0 Å². The average Bonchev–Trinajstić information content (AvgIpc) is 3.34. The second kappa shape index (κ2) is 12.7. The molecule has 0 aliphatic carbocycles.